The number of benzene rings is 2. The van der Waals surface area contributed by atoms with E-state index in [2.05, 4.69) is 6.92 Å². The topological polar surface area (TPSA) is 93.9 Å². The van der Waals surface area contributed by atoms with Gasteiger partial charge in [-0.2, -0.15) is 0 Å². The minimum Gasteiger partial charge on any atom is -0.310 e. The van der Waals surface area contributed by atoms with Crippen LogP contribution in [0.1, 0.15) is 107 Å². The highest BCUT2D eigenvalue weighted by Gasteiger charge is 2.15. The summed E-state index contributed by atoms with van der Waals surface area (Å²) in [7, 11) is 0. The Morgan fingerprint density at radius 3 is 1.71 bits per heavy atom. The largest absolute Gasteiger partial charge is 0.310 e. The Labute approximate surface area is 226 Å². The number of nitro benzene ring substituents is 1. The van der Waals surface area contributed by atoms with Gasteiger partial charge in [0.25, 0.3) is 5.69 Å². The average Bonchev–Trinajstić information content (AvgIpc) is 3.19. The maximum atomic E-state index is 12.9. The number of nitrogens with zero attached hydrogens (tertiary/aromatic N) is 3. The summed E-state index contributed by atoms with van der Waals surface area (Å²) in [4.78, 5) is 23.3. The molecular weight excluding hydrogens is 476 g/mol. The number of hydrogen-bond donors (Lipinski definition) is 1. The third-order valence-corrected chi connectivity index (χ3v) is 7.41. The van der Waals surface area contributed by atoms with Crippen LogP contribution in [-0.2, 0) is 13.1 Å². The number of carbonyl (C=O) groups excluding carboxylic acids is 1. The molecule has 0 unspecified atom stereocenters. The average molecular weight is 521 g/mol. The molecule has 0 fully saturated rings. The van der Waals surface area contributed by atoms with Gasteiger partial charge in [-0.15, -0.1) is 0 Å². The molecule has 2 aromatic carbocycles. The maximum Gasteiger partial charge on any atom is 0.269 e. The number of ketones is 1. The number of nitro groups is 1. The lowest BCUT2D eigenvalue weighted by Crippen LogP contribution is -2.27. The summed E-state index contributed by atoms with van der Waals surface area (Å²) < 4.78 is 3.74. The van der Waals surface area contributed by atoms with Crippen LogP contribution in [0.3, 0.4) is 0 Å². The van der Waals surface area contributed by atoms with Crippen molar-refractivity contribution in [1.82, 2.24) is 9.13 Å². The van der Waals surface area contributed by atoms with Crippen LogP contribution in [0.4, 0.5) is 5.69 Å². The predicted octanol–water partition coefficient (Wildman–Crippen LogP) is 8.19. The SMILES string of the molecule is CCCCCCCCCCCCCCCCn1c(=N)n(CC(=O)c2ccc([N+](=O)[O-])cc2)c2ccccc21. The van der Waals surface area contributed by atoms with Gasteiger partial charge in [-0.05, 0) is 30.7 Å². The van der Waals surface area contributed by atoms with E-state index in [-0.39, 0.29) is 18.0 Å². The van der Waals surface area contributed by atoms with Crippen LogP contribution < -0.4 is 5.62 Å². The number of carbonyl (C=O) groups is 1. The Hall–Kier alpha value is -3.22. The van der Waals surface area contributed by atoms with Crippen molar-refractivity contribution in [3.63, 3.8) is 0 Å². The summed E-state index contributed by atoms with van der Waals surface area (Å²) in [5.41, 5.74) is 2.50. The van der Waals surface area contributed by atoms with Gasteiger partial charge in [-0.1, -0.05) is 103 Å². The summed E-state index contributed by atoms with van der Waals surface area (Å²) in [6.45, 7) is 3.06. The maximum absolute atomic E-state index is 12.9. The van der Waals surface area contributed by atoms with Crippen molar-refractivity contribution in [3.05, 3.63) is 69.8 Å². The molecule has 0 aliphatic rings. The zero-order chi connectivity index (χ0) is 27.2. The molecule has 0 saturated heterocycles. The zero-order valence-electron chi connectivity index (χ0n) is 23.0. The van der Waals surface area contributed by atoms with E-state index >= 15 is 0 Å². The number of rotatable bonds is 19. The quantitative estimate of drug-likeness (QED) is 0.0747. The van der Waals surface area contributed by atoms with E-state index in [1.54, 1.807) is 4.57 Å². The first kappa shape index (κ1) is 29.3. The number of para-hydroxylation sites is 2. The van der Waals surface area contributed by atoms with Crippen LogP contribution in [0.5, 0.6) is 0 Å². The van der Waals surface area contributed by atoms with Gasteiger partial charge in [0, 0.05) is 24.2 Å². The number of non-ortho nitro benzene ring substituents is 1. The first-order chi connectivity index (χ1) is 18.5. The first-order valence-electron chi connectivity index (χ1n) is 14.5. The van der Waals surface area contributed by atoms with E-state index in [1.807, 2.05) is 28.8 Å². The second-order valence-corrected chi connectivity index (χ2v) is 10.4. The Morgan fingerprint density at radius 1 is 0.737 bits per heavy atom. The molecule has 0 aliphatic carbocycles. The zero-order valence-corrected chi connectivity index (χ0v) is 23.0. The van der Waals surface area contributed by atoms with E-state index in [0.29, 0.717) is 11.2 Å². The van der Waals surface area contributed by atoms with Gasteiger partial charge < -0.3 is 9.13 Å². The van der Waals surface area contributed by atoms with Gasteiger partial charge in [-0.3, -0.25) is 20.3 Å². The molecule has 0 atom stereocenters. The Bertz CT molecular complexity index is 1210. The number of hydrogen-bond acceptors (Lipinski definition) is 4. The standard InChI is InChI=1S/C31H44N4O3/c1-2-3-4-5-6-7-8-9-10-11-12-13-14-17-24-33-28-18-15-16-19-29(28)34(31(33)32)25-30(36)26-20-22-27(23-21-26)35(37)38/h15-16,18-23,32H,2-14,17,24-25H2,1H3. The minimum absolute atomic E-state index is 0.0307. The molecule has 1 aromatic heterocycles. The van der Waals surface area contributed by atoms with Gasteiger partial charge in [0.1, 0.15) is 0 Å². The molecule has 7 nitrogen and oxygen atoms in total. The minimum atomic E-state index is -0.476. The Morgan fingerprint density at radius 2 is 1.21 bits per heavy atom. The van der Waals surface area contributed by atoms with Gasteiger partial charge in [0.05, 0.1) is 22.5 Å². The molecule has 38 heavy (non-hydrogen) atoms. The number of imidazole rings is 1. The first-order valence-corrected chi connectivity index (χ1v) is 14.5. The lowest BCUT2D eigenvalue weighted by atomic mass is 10.0. The molecule has 206 valence electrons. The monoisotopic (exact) mass is 520 g/mol. The van der Waals surface area contributed by atoms with E-state index in [0.717, 1.165) is 30.4 Å². The van der Waals surface area contributed by atoms with Crippen molar-refractivity contribution < 1.29 is 9.72 Å². The lowest BCUT2D eigenvalue weighted by Gasteiger charge is -2.06. The number of nitrogens with one attached hydrogen (secondary N) is 1. The summed E-state index contributed by atoms with van der Waals surface area (Å²) in [5.74, 6) is -0.169. The number of aromatic nitrogens is 2. The van der Waals surface area contributed by atoms with Gasteiger partial charge in [0.15, 0.2) is 5.78 Å². The highest BCUT2D eigenvalue weighted by atomic mass is 16.6. The van der Waals surface area contributed by atoms with Crippen molar-refractivity contribution in [3.8, 4) is 0 Å². The molecule has 0 bridgehead atoms. The highest BCUT2D eigenvalue weighted by Crippen LogP contribution is 2.17. The number of aryl methyl sites for hydroxylation is 1. The van der Waals surface area contributed by atoms with Gasteiger partial charge >= 0.3 is 0 Å². The molecule has 0 radical (unpaired) electrons. The molecule has 0 aliphatic heterocycles. The summed E-state index contributed by atoms with van der Waals surface area (Å²) in [6.07, 6.45) is 18.4. The molecular formula is C31H44N4O3. The molecule has 7 heteroatoms. The van der Waals surface area contributed by atoms with Crippen LogP contribution in [0, 0.1) is 15.5 Å². The normalized spacial score (nSPS) is 11.3. The van der Waals surface area contributed by atoms with Gasteiger partial charge in [0.2, 0.25) is 5.62 Å². The molecule has 3 aromatic rings. The van der Waals surface area contributed by atoms with E-state index in [9.17, 15) is 14.9 Å². The second-order valence-electron chi connectivity index (χ2n) is 10.4. The molecule has 0 amide bonds. The summed E-state index contributed by atoms with van der Waals surface area (Å²) in [6, 6.07) is 13.5. The Kier molecular flexibility index (Phi) is 12.3. The molecule has 0 spiro atoms. The van der Waals surface area contributed by atoms with Gasteiger partial charge in [-0.25, -0.2) is 0 Å². The van der Waals surface area contributed by atoms with E-state index in [4.69, 9.17) is 5.41 Å². The fraction of sp³-hybridized carbons (Fsp3) is 0.548. The van der Waals surface area contributed by atoms with Crippen LogP contribution in [0.2, 0.25) is 0 Å². The number of Topliss-reactive ketones (excluding diaryl/α,β-unsaturated/α-hetero) is 1. The van der Waals surface area contributed by atoms with Crippen LogP contribution in [-0.4, -0.2) is 19.8 Å². The van der Waals surface area contributed by atoms with E-state index in [1.165, 1.54) is 101 Å². The lowest BCUT2D eigenvalue weighted by molar-refractivity contribution is -0.384. The van der Waals surface area contributed by atoms with Crippen LogP contribution in [0.15, 0.2) is 48.5 Å². The second kappa shape index (κ2) is 15.9. The summed E-state index contributed by atoms with van der Waals surface area (Å²) in [5, 5.41) is 19.7. The highest BCUT2D eigenvalue weighted by molar-refractivity contribution is 5.96. The molecule has 0 saturated carbocycles. The summed E-state index contributed by atoms with van der Waals surface area (Å²) >= 11 is 0. The fourth-order valence-corrected chi connectivity index (χ4v) is 5.15. The Balaban J connectivity index is 1.43. The third kappa shape index (κ3) is 8.67. The fourth-order valence-electron chi connectivity index (χ4n) is 5.15. The smallest absolute Gasteiger partial charge is 0.269 e. The van der Waals surface area contributed by atoms with Crippen molar-refractivity contribution in [1.29, 1.82) is 5.41 Å². The predicted molar refractivity (Wildman–Crippen MR) is 154 cm³/mol. The molecule has 1 heterocycles. The van der Waals surface area contributed by atoms with E-state index < -0.39 is 4.92 Å². The van der Waals surface area contributed by atoms with Crippen LogP contribution in [0.25, 0.3) is 11.0 Å². The number of unbranched alkanes of at least 4 members (excludes halogenated alkanes) is 13. The van der Waals surface area contributed by atoms with Crippen LogP contribution >= 0.6 is 0 Å². The van der Waals surface area contributed by atoms with Crippen molar-refractivity contribution in [2.75, 3.05) is 0 Å². The van der Waals surface area contributed by atoms with Crippen molar-refractivity contribution in [2.24, 2.45) is 0 Å². The van der Waals surface area contributed by atoms with Crippen molar-refractivity contribution in [2.45, 2.75) is 110 Å². The molecule has 3 rings (SSSR count). The number of fused-ring (bicyclic) bond motifs is 1. The third-order valence-electron chi connectivity index (χ3n) is 7.41. The molecule has 1 N–H and O–H groups in total. The van der Waals surface area contributed by atoms with Crippen molar-refractivity contribution >= 4 is 22.5 Å².